The van der Waals surface area contributed by atoms with Crippen molar-refractivity contribution in [1.29, 1.82) is 0 Å². The van der Waals surface area contributed by atoms with Gasteiger partial charge in [0.2, 0.25) is 0 Å². The number of β-amino-alcohol motifs (C(OH)–C–C–N with tert-alkyl or cyclic N) is 1. The Hall–Kier alpha value is -0.160. The van der Waals surface area contributed by atoms with E-state index in [1.165, 1.54) is 0 Å². The van der Waals surface area contributed by atoms with Crippen molar-refractivity contribution >= 4 is 0 Å². The van der Waals surface area contributed by atoms with Crippen LogP contribution in [0.25, 0.3) is 0 Å². The van der Waals surface area contributed by atoms with E-state index in [2.05, 4.69) is 5.32 Å². The van der Waals surface area contributed by atoms with Crippen LogP contribution in [0.1, 0.15) is 26.7 Å². The van der Waals surface area contributed by atoms with Crippen molar-refractivity contribution in [3.05, 3.63) is 0 Å². The lowest BCUT2D eigenvalue weighted by Crippen LogP contribution is -2.63. The van der Waals surface area contributed by atoms with Crippen molar-refractivity contribution in [1.82, 2.24) is 5.32 Å². The molecule has 0 radical (unpaired) electrons. The van der Waals surface area contributed by atoms with Gasteiger partial charge in [0.15, 0.2) is 0 Å². The van der Waals surface area contributed by atoms with Crippen LogP contribution >= 0.6 is 0 Å². The maximum Gasteiger partial charge on any atom is 0.0927 e. The van der Waals surface area contributed by atoms with Crippen molar-refractivity contribution < 1.29 is 15.3 Å². The van der Waals surface area contributed by atoms with Gasteiger partial charge in [-0.25, -0.2) is 0 Å². The first-order valence-corrected chi connectivity index (χ1v) is 5.20. The number of aliphatic hydroxyl groups excluding tert-OH is 2. The second-order valence-corrected chi connectivity index (χ2v) is 5.23. The van der Waals surface area contributed by atoms with Gasteiger partial charge in [-0.1, -0.05) is 0 Å². The molecule has 0 amide bonds. The molecule has 82 valence electrons. The zero-order valence-electron chi connectivity index (χ0n) is 8.70. The van der Waals surface area contributed by atoms with E-state index in [4.69, 9.17) is 0 Å². The molecular formula is C10H19NO3. The number of hydrogen-bond acceptors (Lipinski definition) is 4. The maximum absolute atomic E-state index is 10.00. The minimum atomic E-state index is -0.954. The summed E-state index contributed by atoms with van der Waals surface area (Å²) >= 11 is 0. The van der Waals surface area contributed by atoms with Crippen LogP contribution in [0.4, 0.5) is 0 Å². The second kappa shape index (κ2) is 2.92. The summed E-state index contributed by atoms with van der Waals surface area (Å²) in [6, 6.07) is 0. The molecule has 1 saturated heterocycles. The third-order valence-corrected chi connectivity index (χ3v) is 3.54. The highest BCUT2D eigenvalue weighted by molar-refractivity contribution is 5.16. The van der Waals surface area contributed by atoms with Crippen LogP contribution in [0, 0.1) is 5.92 Å². The van der Waals surface area contributed by atoms with Gasteiger partial charge in [-0.3, -0.25) is 0 Å². The molecule has 1 aliphatic carbocycles. The zero-order chi connectivity index (χ0) is 10.6. The summed E-state index contributed by atoms with van der Waals surface area (Å²) in [7, 11) is 0. The molecule has 0 aromatic rings. The van der Waals surface area contributed by atoms with E-state index >= 15 is 0 Å². The SMILES string of the molecule is CC(C)(O)C1C(O)C(O)CNC12CC2. The summed E-state index contributed by atoms with van der Waals surface area (Å²) in [5.74, 6) is -0.279. The van der Waals surface area contributed by atoms with Gasteiger partial charge in [0, 0.05) is 18.0 Å². The zero-order valence-corrected chi connectivity index (χ0v) is 8.70. The highest BCUT2D eigenvalue weighted by Crippen LogP contribution is 2.50. The van der Waals surface area contributed by atoms with Crippen molar-refractivity contribution in [2.45, 2.75) is 50.0 Å². The lowest BCUT2D eigenvalue weighted by Gasteiger charge is -2.45. The van der Waals surface area contributed by atoms with Crippen LogP contribution in [0.2, 0.25) is 0 Å². The molecule has 1 saturated carbocycles. The first kappa shape index (κ1) is 10.4. The van der Waals surface area contributed by atoms with Gasteiger partial charge < -0.3 is 20.6 Å². The Morgan fingerprint density at radius 2 is 1.86 bits per heavy atom. The van der Waals surface area contributed by atoms with Crippen molar-refractivity contribution in [3.63, 3.8) is 0 Å². The van der Waals surface area contributed by atoms with Gasteiger partial charge >= 0.3 is 0 Å². The van der Waals surface area contributed by atoms with Gasteiger partial charge in [0.1, 0.15) is 0 Å². The molecule has 0 aromatic carbocycles. The lowest BCUT2D eigenvalue weighted by atomic mass is 9.74. The molecule has 4 heteroatoms. The Kier molecular flexibility index (Phi) is 2.16. The summed E-state index contributed by atoms with van der Waals surface area (Å²) in [6.07, 6.45) is 0.369. The number of piperidine rings is 1. The van der Waals surface area contributed by atoms with Crippen LogP contribution in [0.3, 0.4) is 0 Å². The van der Waals surface area contributed by atoms with E-state index in [-0.39, 0.29) is 11.5 Å². The van der Waals surface area contributed by atoms with E-state index in [1.807, 2.05) is 0 Å². The highest BCUT2D eigenvalue weighted by Gasteiger charge is 2.60. The van der Waals surface area contributed by atoms with E-state index < -0.39 is 17.8 Å². The Bertz CT molecular complexity index is 232. The largest absolute Gasteiger partial charge is 0.390 e. The van der Waals surface area contributed by atoms with Gasteiger partial charge in [-0.05, 0) is 26.7 Å². The van der Waals surface area contributed by atoms with Crippen molar-refractivity contribution in [2.75, 3.05) is 6.54 Å². The molecular weight excluding hydrogens is 182 g/mol. The fourth-order valence-corrected chi connectivity index (χ4v) is 2.80. The maximum atomic E-state index is 10.00. The van der Waals surface area contributed by atoms with E-state index in [0.717, 1.165) is 12.8 Å². The molecule has 1 spiro atoms. The molecule has 14 heavy (non-hydrogen) atoms. The van der Waals surface area contributed by atoms with Gasteiger partial charge in [0.25, 0.3) is 0 Å². The third-order valence-electron chi connectivity index (χ3n) is 3.54. The second-order valence-electron chi connectivity index (χ2n) is 5.23. The van der Waals surface area contributed by atoms with E-state index in [9.17, 15) is 15.3 Å². The van der Waals surface area contributed by atoms with Crippen molar-refractivity contribution in [3.8, 4) is 0 Å². The normalized spacial score (nSPS) is 41.4. The first-order chi connectivity index (χ1) is 6.37. The molecule has 0 aromatic heterocycles. The molecule has 4 nitrogen and oxygen atoms in total. The predicted octanol–water partition coefficient (Wildman–Crippen LogP) is -0.769. The monoisotopic (exact) mass is 201 g/mol. The van der Waals surface area contributed by atoms with Crippen LogP contribution in [0.15, 0.2) is 0 Å². The minimum absolute atomic E-state index is 0.128. The first-order valence-electron chi connectivity index (χ1n) is 5.20. The van der Waals surface area contributed by atoms with Gasteiger partial charge in [-0.2, -0.15) is 0 Å². The summed E-state index contributed by atoms with van der Waals surface area (Å²) in [6.45, 7) is 3.81. The number of rotatable bonds is 1. The average Bonchev–Trinajstić information content (AvgIpc) is 2.77. The third kappa shape index (κ3) is 1.46. The Morgan fingerprint density at radius 1 is 1.29 bits per heavy atom. The molecule has 2 aliphatic rings. The van der Waals surface area contributed by atoms with Crippen LogP contribution < -0.4 is 5.32 Å². The summed E-state index contributed by atoms with van der Waals surface area (Å²) < 4.78 is 0. The molecule has 3 unspecified atom stereocenters. The minimum Gasteiger partial charge on any atom is -0.390 e. The number of hydrogen-bond donors (Lipinski definition) is 4. The Morgan fingerprint density at radius 3 is 2.29 bits per heavy atom. The number of nitrogens with one attached hydrogen (secondary N) is 1. The standard InChI is InChI=1S/C10H19NO3/c1-9(2,14)8-7(13)6(12)5-11-10(8)3-4-10/h6-8,11-14H,3-5H2,1-2H3. The molecule has 4 N–H and O–H groups in total. The fraction of sp³-hybridized carbons (Fsp3) is 1.00. The molecule has 2 fully saturated rings. The van der Waals surface area contributed by atoms with Gasteiger partial charge in [0.05, 0.1) is 17.8 Å². The molecule has 3 atom stereocenters. The molecule has 2 rings (SSSR count). The van der Waals surface area contributed by atoms with E-state index in [1.54, 1.807) is 13.8 Å². The summed E-state index contributed by atoms with van der Waals surface area (Å²) in [5, 5.41) is 32.7. The smallest absolute Gasteiger partial charge is 0.0927 e. The molecule has 1 heterocycles. The summed E-state index contributed by atoms with van der Waals surface area (Å²) in [4.78, 5) is 0. The highest BCUT2D eigenvalue weighted by atomic mass is 16.3. The Labute approximate surface area is 83.9 Å². The number of aliphatic hydroxyl groups is 3. The quantitative estimate of drug-likeness (QED) is 0.449. The fourth-order valence-electron chi connectivity index (χ4n) is 2.80. The van der Waals surface area contributed by atoms with Gasteiger partial charge in [-0.15, -0.1) is 0 Å². The van der Waals surface area contributed by atoms with Crippen LogP contribution in [0.5, 0.6) is 0 Å². The van der Waals surface area contributed by atoms with E-state index in [0.29, 0.717) is 6.54 Å². The Balaban J connectivity index is 2.23. The molecule has 1 aliphatic heterocycles. The molecule has 0 bridgehead atoms. The summed E-state index contributed by atoms with van der Waals surface area (Å²) in [5.41, 5.74) is -1.08. The topological polar surface area (TPSA) is 72.7 Å². The van der Waals surface area contributed by atoms with Crippen LogP contribution in [-0.2, 0) is 0 Å². The van der Waals surface area contributed by atoms with Crippen molar-refractivity contribution in [2.24, 2.45) is 5.92 Å². The van der Waals surface area contributed by atoms with Crippen LogP contribution in [-0.4, -0.2) is 45.2 Å². The average molecular weight is 201 g/mol. The predicted molar refractivity (Wildman–Crippen MR) is 51.8 cm³/mol. The lowest BCUT2D eigenvalue weighted by molar-refractivity contribution is -0.129.